The van der Waals surface area contributed by atoms with Crippen molar-refractivity contribution in [2.75, 3.05) is 13.1 Å². The Morgan fingerprint density at radius 1 is 1.21 bits per heavy atom. The first kappa shape index (κ1) is 24.7. The van der Waals surface area contributed by atoms with Crippen LogP contribution in [0.15, 0.2) is 48.3 Å². The fourth-order valence-electron chi connectivity index (χ4n) is 4.99. The van der Waals surface area contributed by atoms with Gasteiger partial charge in [-0.3, -0.25) is 9.59 Å². The van der Waals surface area contributed by atoms with Gasteiger partial charge in [0.15, 0.2) is 0 Å². The monoisotopic (exact) mass is 456 g/mol. The molecule has 0 radical (unpaired) electrons. The summed E-state index contributed by atoms with van der Waals surface area (Å²) in [4.78, 5) is 39.3. The van der Waals surface area contributed by atoms with E-state index in [0.29, 0.717) is 25.4 Å². The van der Waals surface area contributed by atoms with Crippen molar-refractivity contribution in [1.82, 2.24) is 10.2 Å². The van der Waals surface area contributed by atoms with E-state index in [4.69, 9.17) is 0 Å². The predicted molar refractivity (Wildman–Crippen MR) is 124 cm³/mol. The molecule has 7 heteroatoms. The molecule has 1 aromatic rings. The summed E-state index contributed by atoms with van der Waals surface area (Å²) in [7, 11) is 0. The zero-order valence-corrected chi connectivity index (χ0v) is 19.7. The number of halogens is 1. The molecule has 33 heavy (non-hydrogen) atoms. The van der Waals surface area contributed by atoms with Gasteiger partial charge in [0, 0.05) is 18.7 Å². The van der Waals surface area contributed by atoms with Gasteiger partial charge in [-0.1, -0.05) is 39.8 Å². The van der Waals surface area contributed by atoms with Crippen molar-refractivity contribution in [3.05, 3.63) is 59.4 Å². The number of piperidine rings is 1. The lowest BCUT2D eigenvalue weighted by molar-refractivity contribution is -0.139. The molecule has 3 rings (SSSR count). The van der Waals surface area contributed by atoms with Crippen molar-refractivity contribution >= 4 is 17.8 Å². The van der Waals surface area contributed by atoms with Gasteiger partial charge in [-0.05, 0) is 66.4 Å². The van der Waals surface area contributed by atoms with Crippen LogP contribution in [-0.2, 0) is 4.79 Å². The molecule has 0 spiro atoms. The number of carbonyl (C=O) groups is 3. The number of nitrogens with one attached hydrogen (secondary N) is 1. The van der Waals surface area contributed by atoms with E-state index in [-0.39, 0.29) is 40.1 Å². The number of carboxylic acid groups (broad SMARTS) is 1. The zero-order chi connectivity index (χ0) is 24.3. The van der Waals surface area contributed by atoms with Crippen LogP contribution in [0, 0.1) is 23.2 Å². The minimum absolute atomic E-state index is 0.0189. The lowest BCUT2D eigenvalue weighted by Gasteiger charge is -2.48. The van der Waals surface area contributed by atoms with Crippen molar-refractivity contribution in [3.8, 4) is 0 Å². The third-order valence-electron chi connectivity index (χ3n) is 6.82. The standard InChI is InChI=1S/C26H33FN2O4/c1-16(2)22(28-23(30)18-6-5-7-19(14-18)25(32)33)24(31)29-13-12-21(26(3,4)15-29)17-8-10-20(27)11-9-17/h5-8,10-11,14,16-17,21-22H,9,12-13,15H2,1-4H3,(H,28,30)(H,32,33)/t17?,21-,22+/m0/s1. The summed E-state index contributed by atoms with van der Waals surface area (Å²) >= 11 is 0. The van der Waals surface area contributed by atoms with E-state index in [1.54, 1.807) is 6.08 Å². The Hall–Kier alpha value is -2.96. The van der Waals surface area contributed by atoms with E-state index in [1.165, 1.54) is 30.3 Å². The number of hydrogen-bond acceptors (Lipinski definition) is 3. The molecular formula is C26H33FN2O4. The van der Waals surface area contributed by atoms with E-state index in [9.17, 15) is 23.9 Å². The van der Waals surface area contributed by atoms with Gasteiger partial charge in [-0.25, -0.2) is 9.18 Å². The maximum atomic E-state index is 13.4. The lowest BCUT2D eigenvalue weighted by atomic mass is 9.66. The molecule has 0 aromatic heterocycles. The quantitative estimate of drug-likeness (QED) is 0.662. The summed E-state index contributed by atoms with van der Waals surface area (Å²) in [5.74, 6) is -1.48. The second-order valence-electron chi connectivity index (χ2n) is 10.1. The molecule has 0 bridgehead atoms. The predicted octanol–water partition coefficient (Wildman–Crippen LogP) is 4.44. The number of carbonyl (C=O) groups excluding carboxylic acids is 2. The van der Waals surface area contributed by atoms with Crippen molar-refractivity contribution in [2.45, 2.75) is 46.6 Å². The Bertz CT molecular complexity index is 982. The summed E-state index contributed by atoms with van der Waals surface area (Å²) < 4.78 is 13.4. The van der Waals surface area contributed by atoms with Gasteiger partial charge in [-0.2, -0.15) is 0 Å². The van der Waals surface area contributed by atoms with E-state index in [0.717, 1.165) is 6.42 Å². The number of hydrogen-bond donors (Lipinski definition) is 2. The van der Waals surface area contributed by atoms with E-state index in [2.05, 4.69) is 19.2 Å². The first-order valence-electron chi connectivity index (χ1n) is 11.5. The maximum Gasteiger partial charge on any atom is 0.335 e. The normalized spacial score (nSPS) is 23.1. The zero-order valence-electron chi connectivity index (χ0n) is 19.7. The van der Waals surface area contributed by atoms with Gasteiger partial charge >= 0.3 is 5.97 Å². The molecule has 1 saturated heterocycles. The Morgan fingerprint density at radius 3 is 2.48 bits per heavy atom. The number of amides is 2. The molecule has 1 heterocycles. The Balaban J connectivity index is 1.70. The Kier molecular flexibility index (Phi) is 7.40. The van der Waals surface area contributed by atoms with Crippen LogP contribution in [0.25, 0.3) is 0 Å². The minimum atomic E-state index is -1.11. The molecule has 1 aliphatic carbocycles. The summed E-state index contributed by atoms with van der Waals surface area (Å²) in [6.45, 7) is 9.17. The number of benzene rings is 1. The lowest BCUT2D eigenvalue weighted by Crippen LogP contribution is -2.57. The first-order valence-corrected chi connectivity index (χ1v) is 11.5. The highest BCUT2D eigenvalue weighted by molar-refractivity contribution is 5.99. The highest BCUT2D eigenvalue weighted by Gasteiger charge is 2.42. The molecular weight excluding hydrogens is 423 g/mol. The summed E-state index contributed by atoms with van der Waals surface area (Å²) in [5, 5.41) is 12.0. The van der Waals surface area contributed by atoms with Crippen molar-refractivity contribution in [2.24, 2.45) is 23.2 Å². The van der Waals surface area contributed by atoms with Crippen LogP contribution in [0.4, 0.5) is 4.39 Å². The highest BCUT2D eigenvalue weighted by Crippen LogP contribution is 2.43. The van der Waals surface area contributed by atoms with Crippen LogP contribution in [0.2, 0.25) is 0 Å². The van der Waals surface area contributed by atoms with Crippen LogP contribution in [0.5, 0.6) is 0 Å². The number of carboxylic acids is 1. The van der Waals surface area contributed by atoms with Gasteiger partial charge in [-0.15, -0.1) is 0 Å². The number of rotatable bonds is 6. The third kappa shape index (κ3) is 5.70. The average Bonchev–Trinajstić information content (AvgIpc) is 2.76. The van der Waals surface area contributed by atoms with Crippen LogP contribution < -0.4 is 5.32 Å². The van der Waals surface area contributed by atoms with Gasteiger partial charge in [0.05, 0.1) is 5.56 Å². The molecule has 3 atom stereocenters. The number of nitrogens with zero attached hydrogens (tertiary/aromatic N) is 1. The van der Waals surface area contributed by atoms with Crippen LogP contribution in [0.3, 0.4) is 0 Å². The van der Waals surface area contributed by atoms with E-state index >= 15 is 0 Å². The van der Waals surface area contributed by atoms with Crippen LogP contribution in [0.1, 0.15) is 61.3 Å². The van der Waals surface area contributed by atoms with E-state index in [1.807, 2.05) is 24.8 Å². The highest BCUT2D eigenvalue weighted by atomic mass is 19.1. The molecule has 1 aliphatic heterocycles. The first-order chi connectivity index (χ1) is 15.5. The summed E-state index contributed by atoms with van der Waals surface area (Å²) in [6.07, 6.45) is 6.59. The van der Waals surface area contributed by atoms with Crippen LogP contribution >= 0.6 is 0 Å². The largest absolute Gasteiger partial charge is 0.478 e. The van der Waals surface area contributed by atoms with Crippen molar-refractivity contribution in [3.63, 3.8) is 0 Å². The van der Waals surface area contributed by atoms with Crippen molar-refractivity contribution in [1.29, 1.82) is 0 Å². The number of aromatic carboxylic acids is 1. The topological polar surface area (TPSA) is 86.7 Å². The third-order valence-corrected chi connectivity index (χ3v) is 6.82. The molecule has 6 nitrogen and oxygen atoms in total. The molecule has 1 fully saturated rings. The average molecular weight is 457 g/mol. The maximum absolute atomic E-state index is 13.4. The summed E-state index contributed by atoms with van der Waals surface area (Å²) in [5.41, 5.74) is 0.0634. The van der Waals surface area contributed by atoms with Gasteiger partial charge in [0.25, 0.3) is 5.91 Å². The Labute approximate surface area is 194 Å². The number of allylic oxidation sites excluding steroid dienone is 4. The van der Waals surface area contributed by atoms with Crippen LogP contribution in [-0.4, -0.2) is 46.9 Å². The molecule has 1 aromatic carbocycles. The second kappa shape index (κ2) is 9.89. The summed E-state index contributed by atoms with van der Waals surface area (Å²) in [6, 6.07) is 5.06. The molecule has 1 unspecified atom stereocenters. The Morgan fingerprint density at radius 2 is 1.91 bits per heavy atom. The van der Waals surface area contributed by atoms with Gasteiger partial charge < -0.3 is 15.3 Å². The second-order valence-corrected chi connectivity index (χ2v) is 10.1. The smallest absolute Gasteiger partial charge is 0.335 e. The van der Waals surface area contributed by atoms with E-state index < -0.39 is 17.9 Å². The SMILES string of the molecule is CC(C)[C@@H](NC(=O)c1cccc(C(=O)O)c1)C(=O)N1CC[C@@H](C2C=CC(F)=CC2)C(C)(C)C1. The van der Waals surface area contributed by atoms with Gasteiger partial charge in [0.1, 0.15) is 11.9 Å². The fourth-order valence-corrected chi connectivity index (χ4v) is 4.99. The van der Waals surface area contributed by atoms with Gasteiger partial charge in [0.2, 0.25) is 5.91 Å². The molecule has 0 saturated carbocycles. The fraction of sp³-hybridized carbons (Fsp3) is 0.500. The van der Waals surface area contributed by atoms with Crippen molar-refractivity contribution < 1.29 is 23.9 Å². The molecule has 2 amide bonds. The molecule has 2 aliphatic rings. The molecule has 2 N–H and O–H groups in total. The number of likely N-dealkylation sites (tertiary alicyclic amines) is 1. The minimum Gasteiger partial charge on any atom is -0.478 e. The molecule has 178 valence electrons.